The number of nitrogens with one attached hydrogen (secondary N) is 1. The standard InChI is InChI=1S/C21H14ClIN2O3/c1-27-15-7-9-19-18(11-15)25-21(28-19)12-2-5-14(6-3-12)24-20(26)16-10-13(23)4-8-17(16)22/h2-11H,1H3,(H,24,26). The third-order valence-electron chi connectivity index (χ3n) is 4.16. The number of ether oxygens (including phenoxy) is 1. The van der Waals surface area contributed by atoms with Crippen LogP contribution in [0.1, 0.15) is 10.4 Å². The smallest absolute Gasteiger partial charge is 0.257 e. The lowest BCUT2D eigenvalue weighted by Crippen LogP contribution is -2.12. The average Bonchev–Trinajstić information content (AvgIpc) is 3.13. The van der Waals surface area contributed by atoms with E-state index in [9.17, 15) is 4.79 Å². The van der Waals surface area contributed by atoms with Crippen LogP contribution in [0.4, 0.5) is 5.69 Å². The molecular weight excluding hydrogens is 491 g/mol. The molecule has 0 saturated heterocycles. The molecule has 0 aliphatic heterocycles. The molecule has 0 bridgehead atoms. The van der Waals surface area contributed by atoms with Gasteiger partial charge in [0, 0.05) is 20.9 Å². The first-order chi connectivity index (χ1) is 13.5. The van der Waals surface area contributed by atoms with Gasteiger partial charge in [-0.2, -0.15) is 0 Å². The maximum absolute atomic E-state index is 12.5. The number of fused-ring (bicyclic) bond motifs is 1. The highest BCUT2D eigenvalue weighted by Crippen LogP contribution is 2.28. The van der Waals surface area contributed by atoms with E-state index in [1.165, 1.54) is 0 Å². The van der Waals surface area contributed by atoms with Crippen molar-refractivity contribution in [2.24, 2.45) is 0 Å². The van der Waals surface area contributed by atoms with Gasteiger partial charge in [0.2, 0.25) is 5.89 Å². The zero-order valence-electron chi connectivity index (χ0n) is 14.7. The molecular formula is C21H14ClIN2O3. The molecule has 7 heteroatoms. The van der Waals surface area contributed by atoms with Crippen LogP contribution in [0.25, 0.3) is 22.6 Å². The van der Waals surface area contributed by atoms with Crippen molar-refractivity contribution in [3.05, 3.63) is 74.8 Å². The summed E-state index contributed by atoms with van der Waals surface area (Å²) in [6.45, 7) is 0. The Morgan fingerprint density at radius 3 is 2.64 bits per heavy atom. The Kier molecular flexibility index (Phi) is 5.23. The van der Waals surface area contributed by atoms with Crippen LogP contribution in [0.2, 0.25) is 5.02 Å². The Morgan fingerprint density at radius 2 is 1.89 bits per heavy atom. The summed E-state index contributed by atoms with van der Waals surface area (Å²) in [7, 11) is 1.61. The van der Waals surface area contributed by atoms with Gasteiger partial charge in [-0.25, -0.2) is 4.98 Å². The molecule has 1 amide bonds. The lowest BCUT2D eigenvalue weighted by Gasteiger charge is -2.07. The maximum Gasteiger partial charge on any atom is 0.257 e. The summed E-state index contributed by atoms with van der Waals surface area (Å²) in [5.74, 6) is 0.964. The van der Waals surface area contributed by atoms with Gasteiger partial charge in [-0.05, 0) is 77.2 Å². The van der Waals surface area contributed by atoms with Crippen LogP contribution in [-0.4, -0.2) is 18.0 Å². The monoisotopic (exact) mass is 504 g/mol. The predicted molar refractivity (Wildman–Crippen MR) is 118 cm³/mol. The van der Waals surface area contributed by atoms with Crippen LogP contribution in [0.15, 0.2) is 65.1 Å². The molecule has 0 radical (unpaired) electrons. The number of oxazole rings is 1. The number of rotatable bonds is 4. The molecule has 3 aromatic carbocycles. The summed E-state index contributed by atoms with van der Waals surface area (Å²) in [6, 6.07) is 18.1. The quantitative estimate of drug-likeness (QED) is 0.346. The minimum absolute atomic E-state index is 0.259. The lowest BCUT2D eigenvalue weighted by atomic mass is 10.2. The fourth-order valence-corrected chi connectivity index (χ4v) is 3.42. The highest BCUT2D eigenvalue weighted by atomic mass is 127. The van der Waals surface area contributed by atoms with Gasteiger partial charge in [-0.15, -0.1) is 0 Å². The molecule has 5 nitrogen and oxygen atoms in total. The maximum atomic E-state index is 12.5. The fourth-order valence-electron chi connectivity index (χ4n) is 2.72. The third kappa shape index (κ3) is 3.83. The topological polar surface area (TPSA) is 64.4 Å². The Labute approximate surface area is 179 Å². The number of hydrogen-bond acceptors (Lipinski definition) is 4. The van der Waals surface area contributed by atoms with Crippen molar-refractivity contribution < 1.29 is 13.9 Å². The highest BCUT2D eigenvalue weighted by Gasteiger charge is 2.13. The van der Waals surface area contributed by atoms with Gasteiger partial charge in [0.1, 0.15) is 11.3 Å². The summed E-state index contributed by atoms with van der Waals surface area (Å²) >= 11 is 8.27. The molecule has 28 heavy (non-hydrogen) atoms. The number of halogens is 2. The van der Waals surface area contributed by atoms with Crippen LogP contribution in [0, 0.1) is 3.57 Å². The van der Waals surface area contributed by atoms with Crippen molar-refractivity contribution in [2.75, 3.05) is 12.4 Å². The molecule has 0 unspecified atom stereocenters. The van der Waals surface area contributed by atoms with Crippen molar-refractivity contribution in [3.63, 3.8) is 0 Å². The molecule has 1 N–H and O–H groups in total. The molecule has 1 aromatic heterocycles. The van der Waals surface area contributed by atoms with Crippen molar-refractivity contribution in [2.45, 2.75) is 0 Å². The first-order valence-electron chi connectivity index (χ1n) is 8.35. The number of carbonyl (C=O) groups is 1. The molecule has 140 valence electrons. The van der Waals surface area contributed by atoms with Crippen molar-refractivity contribution in [1.82, 2.24) is 4.98 Å². The lowest BCUT2D eigenvalue weighted by molar-refractivity contribution is 0.102. The van der Waals surface area contributed by atoms with E-state index < -0.39 is 0 Å². The molecule has 0 atom stereocenters. The van der Waals surface area contributed by atoms with E-state index in [4.69, 9.17) is 20.8 Å². The van der Waals surface area contributed by atoms with E-state index in [2.05, 4.69) is 32.9 Å². The number of aromatic nitrogens is 1. The number of nitrogens with zero attached hydrogens (tertiary/aromatic N) is 1. The Hall–Kier alpha value is -2.58. The largest absolute Gasteiger partial charge is 0.497 e. The van der Waals surface area contributed by atoms with Crippen LogP contribution >= 0.6 is 34.2 Å². The van der Waals surface area contributed by atoms with Gasteiger partial charge in [0.25, 0.3) is 5.91 Å². The van der Waals surface area contributed by atoms with Crippen molar-refractivity contribution in [1.29, 1.82) is 0 Å². The van der Waals surface area contributed by atoms with Gasteiger partial charge in [-0.3, -0.25) is 4.79 Å². The number of carbonyl (C=O) groups excluding carboxylic acids is 1. The number of anilines is 1. The predicted octanol–water partition coefficient (Wildman–Crippen LogP) is 6.01. The van der Waals surface area contributed by atoms with Crippen LogP contribution < -0.4 is 10.1 Å². The van der Waals surface area contributed by atoms with E-state index in [-0.39, 0.29) is 5.91 Å². The van der Waals surface area contributed by atoms with Gasteiger partial charge in [0.05, 0.1) is 17.7 Å². The van der Waals surface area contributed by atoms with E-state index in [0.29, 0.717) is 27.7 Å². The zero-order valence-corrected chi connectivity index (χ0v) is 17.6. The van der Waals surface area contributed by atoms with Crippen molar-refractivity contribution in [3.8, 4) is 17.2 Å². The summed E-state index contributed by atoms with van der Waals surface area (Å²) in [5, 5.41) is 3.27. The molecule has 0 aliphatic rings. The summed E-state index contributed by atoms with van der Waals surface area (Å²) in [6.07, 6.45) is 0. The second-order valence-corrected chi connectivity index (χ2v) is 7.66. The normalized spacial score (nSPS) is 10.8. The van der Waals surface area contributed by atoms with E-state index in [1.54, 1.807) is 31.4 Å². The number of amides is 1. The summed E-state index contributed by atoms with van der Waals surface area (Å²) in [4.78, 5) is 17.0. The second-order valence-electron chi connectivity index (χ2n) is 6.01. The van der Waals surface area contributed by atoms with Crippen molar-refractivity contribution >= 4 is 56.9 Å². The molecule has 1 heterocycles. The van der Waals surface area contributed by atoms with E-state index >= 15 is 0 Å². The second kappa shape index (κ2) is 7.81. The molecule has 4 aromatic rings. The number of hydrogen-bond donors (Lipinski definition) is 1. The third-order valence-corrected chi connectivity index (χ3v) is 5.16. The minimum atomic E-state index is -0.259. The molecule has 0 fully saturated rings. The van der Waals surface area contributed by atoms with Crippen LogP contribution in [0.3, 0.4) is 0 Å². The number of benzene rings is 3. The molecule has 4 rings (SSSR count). The Morgan fingerprint density at radius 1 is 1.11 bits per heavy atom. The fraction of sp³-hybridized carbons (Fsp3) is 0.0476. The first-order valence-corrected chi connectivity index (χ1v) is 9.80. The molecule has 0 saturated carbocycles. The van der Waals surface area contributed by atoms with E-state index in [0.717, 1.165) is 20.4 Å². The highest BCUT2D eigenvalue weighted by molar-refractivity contribution is 14.1. The van der Waals surface area contributed by atoms with Crippen LogP contribution in [0.5, 0.6) is 5.75 Å². The van der Waals surface area contributed by atoms with E-state index in [1.807, 2.05) is 36.4 Å². The van der Waals surface area contributed by atoms with Gasteiger partial charge in [-0.1, -0.05) is 11.6 Å². The van der Waals surface area contributed by atoms with Gasteiger partial charge < -0.3 is 14.5 Å². The SMILES string of the molecule is COc1ccc2oc(-c3ccc(NC(=O)c4cc(I)ccc4Cl)cc3)nc2c1. The summed E-state index contributed by atoms with van der Waals surface area (Å²) in [5.41, 5.74) is 3.30. The minimum Gasteiger partial charge on any atom is -0.497 e. The average molecular weight is 505 g/mol. The number of methoxy groups -OCH3 is 1. The Bertz CT molecular complexity index is 1170. The molecule has 0 aliphatic carbocycles. The van der Waals surface area contributed by atoms with Gasteiger partial charge in [0.15, 0.2) is 5.58 Å². The first kappa shape index (κ1) is 18.8. The van der Waals surface area contributed by atoms with Gasteiger partial charge >= 0.3 is 0 Å². The molecule has 0 spiro atoms. The Balaban J connectivity index is 1.55. The van der Waals surface area contributed by atoms with Crippen LogP contribution in [-0.2, 0) is 0 Å². The summed E-state index contributed by atoms with van der Waals surface area (Å²) < 4.78 is 12.0. The zero-order chi connectivity index (χ0) is 19.7.